The van der Waals surface area contributed by atoms with Crippen molar-refractivity contribution < 1.29 is 4.79 Å². The summed E-state index contributed by atoms with van der Waals surface area (Å²) < 4.78 is 0. The third-order valence-corrected chi connectivity index (χ3v) is 6.49. The number of nitrogens with zero attached hydrogens (tertiary/aromatic N) is 1. The summed E-state index contributed by atoms with van der Waals surface area (Å²) in [6.07, 6.45) is 5.44. The van der Waals surface area contributed by atoms with Gasteiger partial charge in [-0.3, -0.25) is 9.69 Å². The summed E-state index contributed by atoms with van der Waals surface area (Å²) in [5.74, 6) is 0.0539. The van der Waals surface area contributed by atoms with Gasteiger partial charge in [0, 0.05) is 24.0 Å². The van der Waals surface area contributed by atoms with Crippen molar-refractivity contribution in [1.82, 2.24) is 10.2 Å². The van der Waals surface area contributed by atoms with E-state index in [9.17, 15) is 4.79 Å². The molecule has 2 aliphatic rings. The van der Waals surface area contributed by atoms with Crippen LogP contribution in [0.2, 0.25) is 0 Å². The summed E-state index contributed by atoms with van der Waals surface area (Å²) in [6.45, 7) is 4.10. The molecule has 0 bridgehead atoms. The third-order valence-electron chi connectivity index (χ3n) is 5.33. The smallest absolute Gasteiger partial charge is 0.261 e. The zero-order valence-electron chi connectivity index (χ0n) is 14.1. The molecule has 4 rings (SSSR count). The molecule has 4 heteroatoms. The zero-order chi connectivity index (χ0) is 16.5. The van der Waals surface area contributed by atoms with E-state index in [0.717, 1.165) is 29.6 Å². The highest BCUT2D eigenvalue weighted by molar-refractivity contribution is 7.14. The first-order valence-corrected chi connectivity index (χ1v) is 9.74. The Balaban J connectivity index is 1.40. The molecule has 1 aliphatic heterocycles. The van der Waals surface area contributed by atoms with Crippen molar-refractivity contribution in [2.45, 2.75) is 57.8 Å². The number of carbonyl (C=O) groups is 1. The van der Waals surface area contributed by atoms with Crippen LogP contribution in [0.5, 0.6) is 0 Å². The molecule has 3 nitrogen and oxygen atoms in total. The van der Waals surface area contributed by atoms with Gasteiger partial charge in [-0.2, -0.15) is 0 Å². The van der Waals surface area contributed by atoms with E-state index in [-0.39, 0.29) is 11.9 Å². The molecule has 0 radical (unpaired) electrons. The van der Waals surface area contributed by atoms with Crippen molar-refractivity contribution in [2.75, 3.05) is 0 Å². The largest absolute Gasteiger partial charge is 0.345 e. The van der Waals surface area contributed by atoms with Gasteiger partial charge in [0.25, 0.3) is 5.91 Å². The number of thiophene rings is 1. The van der Waals surface area contributed by atoms with Crippen molar-refractivity contribution in [3.05, 3.63) is 57.3 Å². The van der Waals surface area contributed by atoms with Crippen LogP contribution in [0, 0.1) is 0 Å². The van der Waals surface area contributed by atoms with Crippen molar-refractivity contribution in [1.29, 1.82) is 0 Å². The molecule has 24 heavy (non-hydrogen) atoms. The van der Waals surface area contributed by atoms with Gasteiger partial charge in [-0.15, -0.1) is 11.3 Å². The van der Waals surface area contributed by atoms with Crippen LogP contribution in [0.25, 0.3) is 0 Å². The molecular weight excluding hydrogens is 316 g/mol. The number of amides is 1. The number of benzene rings is 1. The minimum absolute atomic E-state index is 0.0330. The predicted octanol–water partition coefficient (Wildman–Crippen LogP) is 4.50. The highest BCUT2D eigenvalue weighted by atomic mass is 32.1. The molecule has 1 amide bonds. The van der Waals surface area contributed by atoms with Gasteiger partial charge in [0.05, 0.1) is 10.9 Å². The number of nitrogens with one attached hydrogen (secondary N) is 1. The number of hydrogen-bond acceptors (Lipinski definition) is 3. The first kappa shape index (κ1) is 15.9. The Bertz CT molecular complexity index is 695. The summed E-state index contributed by atoms with van der Waals surface area (Å²) in [4.78, 5) is 17.4. The van der Waals surface area contributed by atoms with Gasteiger partial charge in [0.1, 0.15) is 0 Å². The van der Waals surface area contributed by atoms with E-state index in [1.165, 1.54) is 36.1 Å². The van der Waals surface area contributed by atoms with E-state index in [1.807, 2.05) is 25.1 Å². The van der Waals surface area contributed by atoms with E-state index >= 15 is 0 Å². The molecule has 0 spiro atoms. The lowest BCUT2D eigenvalue weighted by atomic mass is 10.1. The van der Waals surface area contributed by atoms with E-state index in [1.54, 1.807) is 11.3 Å². The minimum Gasteiger partial charge on any atom is -0.345 e. The Hall–Kier alpha value is -1.65. The fraction of sp³-hybridized carbons (Fsp3) is 0.450. The first-order valence-electron chi connectivity index (χ1n) is 8.92. The second kappa shape index (κ2) is 6.69. The van der Waals surface area contributed by atoms with E-state index in [0.29, 0.717) is 0 Å². The Morgan fingerprint density at radius 3 is 2.67 bits per heavy atom. The molecule has 1 aromatic heterocycles. The van der Waals surface area contributed by atoms with Crippen LogP contribution in [0.4, 0.5) is 0 Å². The maximum atomic E-state index is 12.6. The van der Waals surface area contributed by atoms with Gasteiger partial charge in [-0.05, 0) is 37.0 Å². The van der Waals surface area contributed by atoms with Crippen LogP contribution >= 0.6 is 11.3 Å². The standard InChI is InChI=1S/C20H24N2OS/c1-14(15-7-3-2-4-8-15)21-20(23)18-11-16-12-22(13-19(16)24-18)17-9-5-6-10-17/h2-4,7-8,11,14,17H,5-6,9-10,12-13H2,1H3,(H,21,23). The number of fused-ring (bicyclic) bond motifs is 1. The molecule has 1 atom stereocenters. The molecule has 2 heterocycles. The predicted molar refractivity (Wildman–Crippen MR) is 98.1 cm³/mol. The number of carbonyl (C=O) groups excluding carboxylic acids is 1. The quantitative estimate of drug-likeness (QED) is 0.889. The molecule has 1 aromatic carbocycles. The molecule has 1 N–H and O–H groups in total. The molecule has 1 unspecified atom stereocenters. The Kier molecular flexibility index (Phi) is 4.42. The maximum Gasteiger partial charge on any atom is 0.261 e. The highest BCUT2D eigenvalue weighted by Crippen LogP contribution is 2.36. The van der Waals surface area contributed by atoms with E-state index < -0.39 is 0 Å². The van der Waals surface area contributed by atoms with Gasteiger partial charge in [0.2, 0.25) is 0 Å². The summed E-state index contributed by atoms with van der Waals surface area (Å²) in [6, 6.07) is 13.0. The van der Waals surface area contributed by atoms with Crippen LogP contribution < -0.4 is 5.32 Å². The molecule has 0 saturated heterocycles. The Morgan fingerprint density at radius 1 is 1.21 bits per heavy atom. The van der Waals surface area contributed by atoms with Gasteiger partial charge in [-0.25, -0.2) is 0 Å². The molecule has 2 aromatic rings. The highest BCUT2D eigenvalue weighted by Gasteiger charge is 2.30. The van der Waals surface area contributed by atoms with Crippen LogP contribution in [0.15, 0.2) is 36.4 Å². The van der Waals surface area contributed by atoms with Crippen molar-refractivity contribution in [3.63, 3.8) is 0 Å². The maximum absolute atomic E-state index is 12.6. The monoisotopic (exact) mass is 340 g/mol. The third kappa shape index (κ3) is 3.13. The number of hydrogen-bond donors (Lipinski definition) is 1. The van der Waals surface area contributed by atoms with Crippen LogP contribution in [0.1, 0.15) is 64.3 Å². The summed E-state index contributed by atoms with van der Waals surface area (Å²) in [5.41, 5.74) is 2.51. The average Bonchev–Trinajstić information content (AvgIpc) is 3.30. The summed E-state index contributed by atoms with van der Waals surface area (Å²) in [7, 11) is 0. The molecule has 1 aliphatic carbocycles. The Labute approximate surface area is 147 Å². The summed E-state index contributed by atoms with van der Waals surface area (Å²) in [5, 5.41) is 3.13. The lowest BCUT2D eigenvalue weighted by Crippen LogP contribution is -2.28. The minimum atomic E-state index is 0.0330. The summed E-state index contributed by atoms with van der Waals surface area (Å²) >= 11 is 1.68. The second-order valence-electron chi connectivity index (χ2n) is 7.01. The molecular formula is C20H24N2OS. The molecule has 126 valence electrons. The first-order chi connectivity index (χ1) is 11.7. The van der Waals surface area contributed by atoms with Crippen molar-refractivity contribution in [3.8, 4) is 0 Å². The lowest BCUT2D eigenvalue weighted by molar-refractivity contribution is 0.0944. The van der Waals surface area contributed by atoms with Gasteiger partial charge in [0.15, 0.2) is 0 Å². The van der Waals surface area contributed by atoms with E-state index in [2.05, 4.69) is 28.4 Å². The fourth-order valence-corrected chi connectivity index (χ4v) is 5.03. The zero-order valence-corrected chi connectivity index (χ0v) is 14.9. The van der Waals surface area contributed by atoms with Crippen LogP contribution in [0.3, 0.4) is 0 Å². The van der Waals surface area contributed by atoms with Crippen LogP contribution in [-0.4, -0.2) is 16.8 Å². The van der Waals surface area contributed by atoms with Crippen molar-refractivity contribution >= 4 is 17.2 Å². The number of rotatable bonds is 4. The fourth-order valence-electron chi connectivity index (χ4n) is 3.93. The molecule has 1 saturated carbocycles. The van der Waals surface area contributed by atoms with E-state index in [4.69, 9.17) is 0 Å². The van der Waals surface area contributed by atoms with Gasteiger partial charge in [-0.1, -0.05) is 43.2 Å². The second-order valence-corrected chi connectivity index (χ2v) is 8.14. The van der Waals surface area contributed by atoms with Crippen LogP contribution in [-0.2, 0) is 13.1 Å². The molecule has 1 fully saturated rings. The van der Waals surface area contributed by atoms with Gasteiger partial charge >= 0.3 is 0 Å². The Morgan fingerprint density at radius 2 is 1.96 bits per heavy atom. The SMILES string of the molecule is CC(NC(=O)c1cc2c(s1)CN(C1CCCC1)C2)c1ccccc1. The topological polar surface area (TPSA) is 32.3 Å². The van der Waals surface area contributed by atoms with Gasteiger partial charge < -0.3 is 5.32 Å². The van der Waals surface area contributed by atoms with Crippen molar-refractivity contribution in [2.24, 2.45) is 0 Å². The lowest BCUT2D eigenvalue weighted by Gasteiger charge is -2.22. The normalized spacial score (nSPS) is 19.4. The average molecular weight is 340 g/mol.